The second-order valence-corrected chi connectivity index (χ2v) is 7.41. The van der Waals surface area contributed by atoms with E-state index < -0.39 is 0 Å². The van der Waals surface area contributed by atoms with Crippen molar-refractivity contribution >= 4 is 17.7 Å². The molecule has 0 spiro atoms. The number of aromatic nitrogens is 1. The Bertz CT molecular complexity index is 809. The van der Waals surface area contributed by atoms with Gasteiger partial charge in [-0.25, -0.2) is 4.98 Å². The number of amides is 1. The van der Waals surface area contributed by atoms with Crippen molar-refractivity contribution in [2.45, 2.75) is 0 Å². The van der Waals surface area contributed by atoms with Gasteiger partial charge in [-0.3, -0.25) is 9.69 Å². The minimum atomic E-state index is 0.0259. The number of benzene rings is 1. The number of hydrogen-bond acceptors (Lipinski definition) is 5. The average Bonchev–Trinajstić information content (AvgIpc) is 2.80. The molecule has 0 unspecified atom stereocenters. The van der Waals surface area contributed by atoms with Gasteiger partial charge < -0.3 is 14.5 Å². The lowest BCUT2D eigenvalue weighted by Gasteiger charge is -2.34. The lowest BCUT2D eigenvalue weighted by atomic mass is 10.2. The van der Waals surface area contributed by atoms with Gasteiger partial charge in [-0.05, 0) is 17.7 Å². The van der Waals surface area contributed by atoms with Crippen LogP contribution in [0.3, 0.4) is 0 Å². The minimum absolute atomic E-state index is 0.0259. The predicted octanol–water partition coefficient (Wildman–Crippen LogP) is 2.39. The summed E-state index contributed by atoms with van der Waals surface area (Å²) >= 11 is 0. The Kier molecular flexibility index (Phi) is 6.54. The number of hydrogen-bond donors (Lipinski definition) is 0. The second-order valence-electron chi connectivity index (χ2n) is 7.41. The Hall–Kier alpha value is -2.70. The van der Waals surface area contributed by atoms with E-state index in [1.165, 1.54) is 5.56 Å². The van der Waals surface area contributed by atoms with Crippen LogP contribution in [0.25, 0.3) is 6.08 Å². The van der Waals surface area contributed by atoms with E-state index in [0.717, 1.165) is 64.7 Å². The van der Waals surface area contributed by atoms with Crippen LogP contribution in [-0.2, 0) is 4.74 Å². The zero-order chi connectivity index (χ0) is 19.9. The van der Waals surface area contributed by atoms with Crippen LogP contribution in [0.1, 0.15) is 16.1 Å². The van der Waals surface area contributed by atoms with Crippen LogP contribution >= 0.6 is 0 Å². The highest BCUT2D eigenvalue weighted by Crippen LogP contribution is 2.16. The van der Waals surface area contributed by atoms with E-state index in [0.29, 0.717) is 5.69 Å². The maximum atomic E-state index is 12.8. The Labute approximate surface area is 172 Å². The molecule has 0 N–H and O–H groups in total. The van der Waals surface area contributed by atoms with E-state index in [1.54, 1.807) is 0 Å². The molecule has 2 aromatic rings. The van der Waals surface area contributed by atoms with Crippen molar-refractivity contribution < 1.29 is 9.53 Å². The number of anilines is 1. The molecule has 152 valence electrons. The van der Waals surface area contributed by atoms with Gasteiger partial charge in [0, 0.05) is 45.8 Å². The highest BCUT2D eigenvalue weighted by molar-refractivity contribution is 5.92. The Balaban J connectivity index is 1.26. The van der Waals surface area contributed by atoms with Gasteiger partial charge in [0.1, 0.15) is 5.69 Å². The zero-order valence-electron chi connectivity index (χ0n) is 16.7. The molecule has 3 heterocycles. The number of piperazine rings is 1. The lowest BCUT2D eigenvalue weighted by Crippen LogP contribution is -2.48. The minimum Gasteiger partial charge on any atom is -0.378 e. The van der Waals surface area contributed by atoms with Gasteiger partial charge in [-0.1, -0.05) is 42.5 Å². The molecule has 4 rings (SSSR count). The number of pyridine rings is 1. The van der Waals surface area contributed by atoms with Crippen molar-refractivity contribution in [3.8, 4) is 0 Å². The van der Waals surface area contributed by atoms with Crippen LogP contribution in [-0.4, -0.2) is 79.7 Å². The highest BCUT2D eigenvalue weighted by atomic mass is 16.5. The van der Waals surface area contributed by atoms with Crippen LogP contribution < -0.4 is 4.90 Å². The van der Waals surface area contributed by atoms with Crippen LogP contribution in [0, 0.1) is 0 Å². The molecule has 1 amide bonds. The van der Waals surface area contributed by atoms with Gasteiger partial charge in [-0.15, -0.1) is 0 Å². The number of carbonyl (C=O) groups is 1. The number of rotatable bonds is 5. The molecule has 2 aliphatic heterocycles. The van der Waals surface area contributed by atoms with Crippen LogP contribution in [0.2, 0.25) is 0 Å². The molecule has 1 aromatic heterocycles. The van der Waals surface area contributed by atoms with Gasteiger partial charge in [0.2, 0.25) is 0 Å². The summed E-state index contributed by atoms with van der Waals surface area (Å²) < 4.78 is 5.39. The fourth-order valence-electron chi connectivity index (χ4n) is 3.72. The van der Waals surface area contributed by atoms with Gasteiger partial charge in [0.15, 0.2) is 0 Å². The van der Waals surface area contributed by atoms with E-state index in [2.05, 4.69) is 39.1 Å². The van der Waals surface area contributed by atoms with Crippen molar-refractivity contribution in [1.82, 2.24) is 14.8 Å². The number of morpholine rings is 1. The van der Waals surface area contributed by atoms with Gasteiger partial charge >= 0.3 is 0 Å². The normalized spacial score (nSPS) is 18.3. The standard InChI is InChI=1S/C23H28N4O2/c28-23(22-9-8-21(19-24-22)26-15-17-29-18-16-26)27-13-11-25(12-14-27)10-4-7-20-5-2-1-3-6-20/h1-9,19H,10-18H2/b7-4+. The molecular weight excluding hydrogens is 364 g/mol. The SMILES string of the molecule is O=C(c1ccc(N2CCOCC2)cn1)N1CCN(C/C=C/c2ccccc2)CC1. The van der Waals surface area contributed by atoms with Crippen LogP contribution in [0.4, 0.5) is 5.69 Å². The topological polar surface area (TPSA) is 48.9 Å². The highest BCUT2D eigenvalue weighted by Gasteiger charge is 2.22. The number of carbonyl (C=O) groups excluding carboxylic acids is 1. The van der Waals surface area contributed by atoms with E-state index in [9.17, 15) is 4.79 Å². The molecule has 0 radical (unpaired) electrons. The third-order valence-electron chi connectivity index (χ3n) is 5.48. The Morgan fingerprint density at radius 2 is 1.72 bits per heavy atom. The van der Waals surface area contributed by atoms with Gasteiger partial charge in [0.25, 0.3) is 5.91 Å². The monoisotopic (exact) mass is 392 g/mol. The van der Waals surface area contributed by atoms with Crippen molar-refractivity contribution in [1.29, 1.82) is 0 Å². The summed E-state index contributed by atoms with van der Waals surface area (Å²) in [6, 6.07) is 14.2. The molecule has 1 aromatic carbocycles. The van der Waals surface area contributed by atoms with Gasteiger partial charge in [-0.2, -0.15) is 0 Å². The molecular formula is C23H28N4O2. The first-order chi connectivity index (χ1) is 14.3. The van der Waals surface area contributed by atoms with Crippen molar-refractivity contribution in [3.05, 3.63) is 66.0 Å². The fraction of sp³-hybridized carbons (Fsp3) is 0.391. The number of ether oxygens (including phenoxy) is 1. The summed E-state index contributed by atoms with van der Waals surface area (Å²) in [5.74, 6) is 0.0259. The summed E-state index contributed by atoms with van der Waals surface area (Å²) in [5, 5.41) is 0. The Morgan fingerprint density at radius 3 is 2.41 bits per heavy atom. The summed E-state index contributed by atoms with van der Waals surface area (Å²) in [7, 11) is 0. The molecule has 29 heavy (non-hydrogen) atoms. The third kappa shape index (κ3) is 5.22. The molecule has 0 saturated carbocycles. The fourth-order valence-corrected chi connectivity index (χ4v) is 3.72. The molecule has 6 nitrogen and oxygen atoms in total. The molecule has 0 atom stereocenters. The molecule has 2 saturated heterocycles. The van der Waals surface area contributed by atoms with E-state index >= 15 is 0 Å². The van der Waals surface area contributed by atoms with Crippen molar-refractivity contribution in [2.24, 2.45) is 0 Å². The average molecular weight is 393 g/mol. The summed E-state index contributed by atoms with van der Waals surface area (Å²) in [6.45, 7) is 7.38. The van der Waals surface area contributed by atoms with E-state index in [4.69, 9.17) is 4.74 Å². The Morgan fingerprint density at radius 1 is 0.966 bits per heavy atom. The molecule has 2 fully saturated rings. The summed E-state index contributed by atoms with van der Waals surface area (Å²) in [6.07, 6.45) is 6.15. The van der Waals surface area contributed by atoms with E-state index in [1.807, 2.05) is 41.4 Å². The smallest absolute Gasteiger partial charge is 0.272 e. The zero-order valence-corrected chi connectivity index (χ0v) is 16.7. The quantitative estimate of drug-likeness (QED) is 0.782. The second kappa shape index (κ2) is 9.67. The first kappa shape index (κ1) is 19.6. The van der Waals surface area contributed by atoms with E-state index in [-0.39, 0.29) is 5.91 Å². The van der Waals surface area contributed by atoms with Crippen LogP contribution in [0.15, 0.2) is 54.7 Å². The first-order valence-corrected chi connectivity index (χ1v) is 10.3. The maximum absolute atomic E-state index is 12.8. The van der Waals surface area contributed by atoms with Crippen molar-refractivity contribution in [3.63, 3.8) is 0 Å². The maximum Gasteiger partial charge on any atom is 0.272 e. The first-order valence-electron chi connectivity index (χ1n) is 10.3. The number of nitrogens with zero attached hydrogens (tertiary/aromatic N) is 4. The molecule has 6 heteroatoms. The van der Waals surface area contributed by atoms with Gasteiger partial charge in [0.05, 0.1) is 25.1 Å². The van der Waals surface area contributed by atoms with Crippen molar-refractivity contribution in [2.75, 3.05) is 63.9 Å². The molecule has 2 aliphatic rings. The molecule has 0 aliphatic carbocycles. The molecule has 0 bridgehead atoms. The third-order valence-corrected chi connectivity index (χ3v) is 5.48. The summed E-state index contributed by atoms with van der Waals surface area (Å²) in [5.41, 5.74) is 2.80. The summed E-state index contributed by atoms with van der Waals surface area (Å²) in [4.78, 5) is 23.7. The largest absolute Gasteiger partial charge is 0.378 e. The van der Waals surface area contributed by atoms with Crippen LogP contribution in [0.5, 0.6) is 0 Å². The predicted molar refractivity (Wildman–Crippen MR) is 115 cm³/mol. The lowest BCUT2D eigenvalue weighted by molar-refractivity contribution is 0.0644.